The van der Waals surface area contributed by atoms with Crippen LogP contribution in [0, 0.1) is 0 Å². The lowest BCUT2D eigenvalue weighted by Crippen LogP contribution is -2.22. The Kier molecular flexibility index (Phi) is 4.59. The van der Waals surface area contributed by atoms with Crippen molar-refractivity contribution in [2.75, 3.05) is 6.61 Å². The molecule has 0 unspecified atom stereocenters. The highest BCUT2D eigenvalue weighted by Crippen LogP contribution is 2.23. The second-order valence-electron chi connectivity index (χ2n) is 4.37. The summed E-state index contributed by atoms with van der Waals surface area (Å²) in [6.45, 7) is 4.35. The van der Waals surface area contributed by atoms with Gasteiger partial charge in [0.2, 0.25) is 0 Å². The number of ether oxygens (including phenoxy) is 1. The number of benzene rings is 1. The number of nitrogens with two attached hydrogens (primary N) is 1. The van der Waals surface area contributed by atoms with Crippen LogP contribution in [0.25, 0.3) is 0 Å². The molecule has 0 amide bonds. The molecule has 0 radical (unpaired) electrons. The van der Waals surface area contributed by atoms with Crippen LogP contribution in [-0.4, -0.2) is 17.3 Å². The quantitative estimate of drug-likeness (QED) is 0.835. The second kappa shape index (κ2) is 5.53. The molecule has 0 aliphatic carbocycles. The van der Waals surface area contributed by atoms with Crippen LogP contribution in [0.15, 0.2) is 18.2 Å². The smallest absolute Gasteiger partial charge is 0.123 e. The van der Waals surface area contributed by atoms with Crippen molar-refractivity contribution in [3.8, 4) is 5.75 Å². The monoisotopic (exact) mass is 243 g/mol. The van der Waals surface area contributed by atoms with Crippen molar-refractivity contribution in [2.45, 2.75) is 32.4 Å². The van der Waals surface area contributed by atoms with Crippen molar-refractivity contribution in [2.24, 2.45) is 5.73 Å². The molecule has 0 aliphatic rings. The van der Waals surface area contributed by atoms with E-state index in [1.54, 1.807) is 32.0 Å². The van der Waals surface area contributed by atoms with Gasteiger partial charge in [0, 0.05) is 23.6 Å². The summed E-state index contributed by atoms with van der Waals surface area (Å²) in [6.07, 6.45) is 0.569. The number of halogens is 1. The molecule has 1 aromatic carbocycles. The number of aliphatic hydroxyl groups is 1. The Bertz CT molecular complexity index is 347. The zero-order valence-electron chi connectivity index (χ0n) is 9.66. The van der Waals surface area contributed by atoms with E-state index in [0.29, 0.717) is 24.6 Å². The van der Waals surface area contributed by atoms with Crippen LogP contribution in [0.4, 0.5) is 0 Å². The molecular weight excluding hydrogens is 226 g/mol. The summed E-state index contributed by atoms with van der Waals surface area (Å²) < 4.78 is 5.56. The molecular formula is C12H18ClNO2. The second-order valence-corrected chi connectivity index (χ2v) is 4.80. The van der Waals surface area contributed by atoms with Crippen LogP contribution >= 0.6 is 11.6 Å². The molecule has 0 bridgehead atoms. The topological polar surface area (TPSA) is 55.5 Å². The fourth-order valence-electron chi connectivity index (χ4n) is 1.26. The van der Waals surface area contributed by atoms with E-state index < -0.39 is 5.60 Å². The molecule has 16 heavy (non-hydrogen) atoms. The first-order chi connectivity index (χ1) is 7.42. The molecule has 0 aromatic heterocycles. The van der Waals surface area contributed by atoms with Gasteiger partial charge >= 0.3 is 0 Å². The third kappa shape index (κ3) is 4.39. The van der Waals surface area contributed by atoms with Gasteiger partial charge in [-0.1, -0.05) is 11.6 Å². The minimum Gasteiger partial charge on any atom is -0.493 e. The van der Waals surface area contributed by atoms with Crippen LogP contribution in [-0.2, 0) is 6.54 Å². The van der Waals surface area contributed by atoms with E-state index in [0.717, 1.165) is 11.3 Å². The number of hydrogen-bond acceptors (Lipinski definition) is 3. The highest BCUT2D eigenvalue weighted by atomic mass is 35.5. The lowest BCUT2D eigenvalue weighted by molar-refractivity contribution is 0.0552. The SMILES string of the molecule is CC(C)(O)CCOc1ccc(Cl)cc1CN. The average Bonchev–Trinajstić information content (AvgIpc) is 2.18. The van der Waals surface area contributed by atoms with Gasteiger partial charge < -0.3 is 15.6 Å². The first-order valence-corrected chi connectivity index (χ1v) is 5.64. The summed E-state index contributed by atoms with van der Waals surface area (Å²) >= 11 is 5.85. The van der Waals surface area contributed by atoms with Gasteiger partial charge in [-0.25, -0.2) is 0 Å². The highest BCUT2D eigenvalue weighted by Gasteiger charge is 2.12. The van der Waals surface area contributed by atoms with Crippen molar-refractivity contribution in [3.05, 3.63) is 28.8 Å². The Labute approximate surface area is 101 Å². The Hall–Kier alpha value is -0.770. The Morgan fingerprint density at radius 3 is 2.69 bits per heavy atom. The summed E-state index contributed by atoms with van der Waals surface area (Å²) in [5.74, 6) is 0.733. The van der Waals surface area contributed by atoms with Crippen LogP contribution in [0.5, 0.6) is 5.75 Å². The molecule has 3 nitrogen and oxygen atoms in total. The van der Waals surface area contributed by atoms with Gasteiger partial charge in [0.1, 0.15) is 5.75 Å². The minimum atomic E-state index is -0.713. The maximum atomic E-state index is 9.54. The largest absolute Gasteiger partial charge is 0.493 e. The molecule has 0 spiro atoms. The van der Waals surface area contributed by atoms with Crippen LogP contribution in [0.3, 0.4) is 0 Å². The number of rotatable bonds is 5. The van der Waals surface area contributed by atoms with Crippen LogP contribution in [0.1, 0.15) is 25.8 Å². The average molecular weight is 244 g/mol. The highest BCUT2D eigenvalue weighted by molar-refractivity contribution is 6.30. The molecule has 4 heteroatoms. The maximum absolute atomic E-state index is 9.54. The van der Waals surface area contributed by atoms with Crippen molar-refractivity contribution in [1.29, 1.82) is 0 Å². The van der Waals surface area contributed by atoms with Gasteiger partial charge in [-0.15, -0.1) is 0 Å². The molecule has 0 atom stereocenters. The Morgan fingerprint density at radius 2 is 2.12 bits per heavy atom. The summed E-state index contributed by atoms with van der Waals surface area (Å²) in [4.78, 5) is 0. The van der Waals surface area contributed by atoms with Crippen LogP contribution < -0.4 is 10.5 Å². The summed E-state index contributed by atoms with van der Waals surface area (Å²) in [5, 5.41) is 10.2. The molecule has 3 N–H and O–H groups in total. The fourth-order valence-corrected chi connectivity index (χ4v) is 1.45. The van der Waals surface area contributed by atoms with Gasteiger partial charge in [-0.3, -0.25) is 0 Å². The molecule has 90 valence electrons. The Balaban J connectivity index is 2.60. The van der Waals surface area contributed by atoms with E-state index in [-0.39, 0.29) is 0 Å². The van der Waals surface area contributed by atoms with Gasteiger partial charge in [-0.2, -0.15) is 0 Å². The van der Waals surface area contributed by atoms with Gasteiger partial charge in [0.15, 0.2) is 0 Å². The first kappa shape index (κ1) is 13.3. The molecule has 1 aromatic rings. The predicted octanol–water partition coefficient (Wildman–Crippen LogP) is 2.34. The summed E-state index contributed by atoms with van der Waals surface area (Å²) in [6, 6.07) is 5.36. The third-order valence-electron chi connectivity index (χ3n) is 2.21. The normalized spacial score (nSPS) is 11.6. The minimum absolute atomic E-state index is 0.387. The molecule has 1 rings (SSSR count). The third-order valence-corrected chi connectivity index (χ3v) is 2.45. The van der Waals surface area contributed by atoms with Gasteiger partial charge in [0.05, 0.1) is 12.2 Å². The van der Waals surface area contributed by atoms with Gasteiger partial charge in [0.25, 0.3) is 0 Å². The van der Waals surface area contributed by atoms with E-state index in [1.165, 1.54) is 0 Å². The summed E-state index contributed by atoms with van der Waals surface area (Å²) in [5.41, 5.74) is 5.75. The van der Waals surface area contributed by atoms with Crippen molar-refractivity contribution in [3.63, 3.8) is 0 Å². The van der Waals surface area contributed by atoms with E-state index in [4.69, 9.17) is 22.1 Å². The first-order valence-electron chi connectivity index (χ1n) is 5.26. The lowest BCUT2D eigenvalue weighted by Gasteiger charge is -2.18. The molecule has 0 saturated carbocycles. The zero-order chi connectivity index (χ0) is 12.2. The zero-order valence-corrected chi connectivity index (χ0v) is 10.4. The van der Waals surface area contributed by atoms with Crippen molar-refractivity contribution >= 4 is 11.6 Å². The van der Waals surface area contributed by atoms with E-state index in [1.807, 2.05) is 0 Å². The summed E-state index contributed by atoms with van der Waals surface area (Å²) in [7, 11) is 0. The molecule has 0 aliphatic heterocycles. The molecule has 0 fully saturated rings. The lowest BCUT2D eigenvalue weighted by atomic mass is 10.1. The standard InChI is InChI=1S/C12H18ClNO2/c1-12(2,15)5-6-16-11-4-3-10(13)7-9(11)8-14/h3-4,7,15H,5-6,8,14H2,1-2H3. The van der Waals surface area contributed by atoms with Crippen molar-refractivity contribution < 1.29 is 9.84 Å². The number of hydrogen-bond donors (Lipinski definition) is 2. The van der Waals surface area contributed by atoms with Crippen LogP contribution in [0.2, 0.25) is 5.02 Å². The fraction of sp³-hybridized carbons (Fsp3) is 0.500. The molecule has 0 saturated heterocycles. The predicted molar refractivity (Wildman–Crippen MR) is 65.8 cm³/mol. The molecule has 0 heterocycles. The van der Waals surface area contributed by atoms with E-state index >= 15 is 0 Å². The van der Waals surface area contributed by atoms with Crippen molar-refractivity contribution in [1.82, 2.24) is 0 Å². The Morgan fingerprint density at radius 1 is 1.44 bits per heavy atom. The van der Waals surface area contributed by atoms with E-state index in [2.05, 4.69) is 0 Å². The van der Waals surface area contributed by atoms with Gasteiger partial charge in [-0.05, 0) is 32.0 Å². The van der Waals surface area contributed by atoms with E-state index in [9.17, 15) is 5.11 Å². The maximum Gasteiger partial charge on any atom is 0.123 e.